The lowest BCUT2D eigenvalue weighted by atomic mass is 10.2. The zero-order valence-corrected chi connectivity index (χ0v) is 9.26. The Bertz CT molecular complexity index is 317. The van der Waals surface area contributed by atoms with Gasteiger partial charge in [0, 0.05) is 13.1 Å². The molecule has 1 atom stereocenters. The standard InChI is InChI=1S/C9H17NO2S/c1-9(2)6-8(9)10(3)13(11,12)7-4-5-7/h7-8H,4-6H2,1-3H3. The van der Waals surface area contributed by atoms with E-state index in [9.17, 15) is 8.42 Å². The lowest BCUT2D eigenvalue weighted by Crippen LogP contribution is -2.33. The molecule has 76 valence electrons. The molecule has 0 heterocycles. The molecule has 2 aliphatic rings. The van der Waals surface area contributed by atoms with Crippen molar-refractivity contribution in [2.45, 2.75) is 44.4 Å². The van der Waals surface area contributed by atoms with Crippen LogP contribution < -0.4 is 0 Å². The molecule has 0 aromatic rings. The molecule has 0 amide bonds. The van der Waals surface area contributed by atoms with Crippen LogP contribution in [0.1, 0.15) is 33.1 Å². The topological polar surface area (TPSA) is 37.4 Å². The largest absolute Gasteiger partial charge is 0.217 e. The maximum absolute atomic E-state index is 11.8. The summed E-state index contributed by atoms with van der Waals surface area (Å²) in [5.74, 6) is 0. The van der Waals surface area contributed by atoms with Gasteiger partial charge in [-0.2, -0.15) is 0 Å². The molecule has 0 spiro atoms. The van der Waals surface area contributed by atoms with Gasteiger partial charge in [-0.05, 0) is 24.7 Å². The molecule has 2 aliphatic carbocycles. The lowest BCUT2D eigenvalue weighted by Gasteiger charge is -2.18. The summed E-state index contributed by atoms with van der Waals surface area (Å²) in [7, 11) is -1.21. The van der Waals surface area contributed by atoms with Crippen molar-refractivity contribution >= 4 is 10.0 Å². The highest BCUT2D eigenvalue weighted by Gasteiger charge is 2.53. The normalized spacial score (nSPS) is 32.2. The molecule has 0 aliphatic heterocycles. The summed E-state index contributed by atoms with van der Waals surface area (Å²) in [5, 5.41) is -0.0612. The summed E-state index contributed by atoms with van der Waals surface area (Å²) >= 11 is 0. The van der Waals surface area contributed by atoms with E-state index in [2.05, 4.69) is 13.8 Å². The van der Waals surface area contributed by atoms with Gasteiger partial charge < -0.3 is 0 Å². The van der Waals surface area contributed by atoms with E-state index >= 15 is 0 Å². The molecule has 0 aromatic carbocycles. The third-order valence-corrected chi connectivity index (χ3v) is 5.62. The molecule has 0 saturated heterocycles. The molecule has 1 unspecified atom stereocenters. The monoisotopic (exact) mass is 203 g/mol. The van der Waals surface area contributed by atoms with Crippen LogP contribution in [-0.4, -0.2) is 31.1 Å². The molecule has 0 radical (unpaired) electrons. The van der Waals surface area contributed by atoms with Gasteiger partial charge in [0.1, 0.15) is 0 Å². The first-order valence-corrected chi connectivity index (χ1v) is 6.33. The lowest BCUT2D eigenvalue weighted by molar-refractivity contribution is 0.412. The number of hydrogen-bond acceptors (Lipinski definition) is 2. The maximum Gasteiger partial charge on any atom is 0.217 e. The minimum atomic E-state index is -2.94. The SMILES string of the molecule is CN(C1CC1(C)C)S(=O)(=O)C1CC1. The summed E-state index contributed by atoms with van der Waals surface area (Å²) in [6, 6.07) is 0.248. The van der Waals surface area contributed by atoms with E-state index in [0.29, 0.717) is 0 Å². The first-order chi connectivity index (χ1) is 5.86. The van der Waals surface area contributed by atoms with Crippen LogP contribution in [0.5, 0.6) is 0 Å². The van der Waals surface area contributed by atoms with Crippen molar-refractivity contribution in [1.82, 2.24) is 4.31 Å². The van der Waals surface area contributed by atoms with Gasteiger partial charge in [-0.3, -0.25) is 0 Å². The summed E-state index contributed by atoms with van der Waals surface area (Å²) in [4.78, 5) is 0. The van der Waals surface area contributed by atoms with Gasteiger partial charge in [-0.15, -0.1) is 0 Å². The van der Waals surface area contributed by atoms with Gasteiger partial charge in [0.15, 0.2) is 0 Å². The second-order valence-electron chi connectivity index (χ2n) is 4.97. The third-order valence-electron chi connectivity index (χ3n) is 3.25. The molecule has 0 N–H and O–H groups in total. The maximum atomic E-state index is 11.8. The van der Waals surface area contributed by atoms with Gasteiger partial charge in [0.25, 0.3) is 0 Å². The van der Waals surface area contributed by atoms with Gasteiger partial charge in [-0.1, -0.05) is 13.8 Å². The highest BCUT2D eigenvalue weighted by Crippen LogP contribution is 2.50. The Hall–Kier alpha value is -0.0900. The van der Waals surface area contributed by atoms with Crippen LogP contribution in [-0.2, 0) is 10.0 Å². The molecular formula is C9H17NO2S. The minimum absolute atomic E-state index is 0.0612. The van der Waals surface area contributed by atoms with E-state index in [4.69, 9.17) is 0 Å². The van der Waals surface area contributed by atoms with Crippen LogP contribution in [0, 0.1) is 5.41 Å². The molecule has 0 bridgehead atoms. The van der Waals surface area contributed by atoms with E-state index in [-0.39, 0.29) is 16.7 Å². The van der Waals surface area contributed by atoms with E-state index in [1.54, 1.807) is 11.4 Å². The van der Waals surface area contributed by atoms with E-state index in [1.165, 1.54) is 0 Å². The van der Waals surface area contributed by atoms with E-state index < -0.39 is 10.0 Å². The van der Waals surface area contributed by atoms with Crippen LogP contribution in [0.2, 0.25) is 0 Å². The van der Waals surface area contributed by atoms with Gasteiger partial charge >= 0.3 is 0 Å². The van der Waals surface area contributed by atoms with Crippen LogP contribution in [0.4, 0.5) is 0 Å². The molecule has 2 rings (SSSR count). The van der Waals surface area contributed by atoms with Crippen LogP contribution >= 0.6 is 0 Å². The molecule has 3 nitrogen and oxygen atoms in total. The molecule has 4 heteroatoms. The fourth-order valence-corrected chi connectivity index (χ4v) is 3.76. The predicted molar refractivity (Wildman–Crippen MR) is 51.9 cm³/mol. The van der Waals surface area contributed by atoms with Crippen molar-refractivity contribution in [2.24, 2.45) is 5.41 Å². The summed E-state index contributed by atoms with van der Waals surface area (Å²) in [6.07, 6.45) is 2.73. The Morgan fingerprint density at radius 1 is 1.31 bits per heavy atom. The summed E-state index contributed by atoms with van der Waals surface area (Å²) < 4.78 is 25.2. The fourth-order valence-electron chi connectivity index (χ4n) is 1.84. The van der Waals surface area contributed by atoms with Crippen LogP contribution in [0.15, 0.2) is 0 Å². The second kappa shape index (κ2) is 2.48. The molecular weight excluding hydrogens is 186 g/mol. The van der Waals surface area contributed by atoms with Crippen LogP contribution in [0.25, 0.3) is 0 Å². The Morgan fingerprint density at radius 3 is 2.08 bits per heavy atom. The summed E-state index contributed by atoms with van der Waals surface area (Å²) in [5.41, 5.74) is 0.205. The first kappa shape index (κ1) is 9.46. The second-order valence-corrected chi connectivity index (χ2v) is 7.24. The van der Waals surface area contributed by atoms with Crippen molar-refractivity contribution in [1.29, 1.82) is 0 Å². The van der Waals surface area contributed by atoms with Crippen molar-refractivity contribution in [3.8, 4) is 0 Å². The highest BCUT2D eigenvalue weighted by molar-refractivity contribution is 7.90. The molecule has 0 aromatic heterocycles. The Morgan fingerprint density at radius 2 is 1.77 bits per heavy atom. The van der Waals surface area contributed by atoms with Gasteiger partial charge in [0.2, 0.25) is 10.0 Å². The van der Waals surface area contributed by atoms with Crippen molar-refractivity contribution in [3.05, 3.63) is 0 Å². The summed E-state index contributed by atoms with van der Waals surface area (Å²) in [6.45, 7) is 4.24. The van der Waals surface area contributed by atoms with Crippen molar-refractivity contribution in [3.63, 3.8) is 0 Å². The average Bonchev–Trinajstić information content (AvgIpc) is 2.82. The van der Waals surface area contributed by atoms with E-state index in [1.807, 2.05) is 0 Å². The molecule has 13 heavy (non-hydrogen) atoms. The average molecular weight is 203 g/mol. The Labute approximate surface area is 80.2 Å². The number of sulfonamides is 1. The number of rotatable bonds is 3. The predicted octanol–water partition coefficient (Wildman–Crippen LogP) is 1.21. The highest BCUT2D eigenvalue weighted by atomic mass is 32.2. The Kier molecular flexibility index (Phi) is 1.81. The first-order valence-electron chi connectivity index (χ1n) is 4.82. The number of nitrogens with zero attached hydrogens (tertiary/aromatic N) is 1. The smallest absolute Gasteiger partial charge is 0.212 e. The zero-order valence-electron chi connectivity index (χ0n) is 8.45. The minimum Gasteiger partial charge on any atom is -0.212 e. The van der Waals surface area contributed by atoms with Crippen molar-refractivity contribution in [2.75, 3.05) is 7.05 Å². The van der Waals surface area contributed by atoms with Crippen LogP contribution in [0.3, 0.4) is 0 Å². The quantitative estimate of drug-likeness (QED) is 0.691. The van der Waals surface area contributed by atoms with Gasteiger partial charge in [0.05, 0.1) is 5.25 Å². The van der Waals surface area contributed by atoms with Gasteiger partial charge in [-0.25, -0.2) is 12.7 Å². The fraction of sp³-hybridized carbons (Fsp3) is 1.00. The zero-order chi connectivity index (χ0) is 9.85. The third kappa shape index (κ3) is 1.50. The van der Waals surface area contributed by atoms with E-state index in [0.717, 1.165) is 19.3 Å². The number of hydrogen-bond donors (Lipinski definition) is 0. The Balaban J connectivity index is 2.09. The molecule has 2 saturated carbocycles. The molecule has 2 fully saturated rings. The van der Waals surface area contributed by atoms with Crippen molar-refractivity contribution < 1.29 is 8.42 Å².